The van der Waals surface area contributed by atoms with Crippen LogP contribution in [0.2, 0.25) is 0 Å². The topological polar surface area (TPSA) is 37.6 Å². The van der Waals surface area contributed by atoms with Crippen molar-refractivity contribution in [2.24, 2.45) is 0 Å². The molecule has 0 bridgehead atoms. The second-order valence-electron chi connectivity index (χ2n) is 4.74. The zero-order chi connectivity index (χ0) is 13.3. The van der Waals surface area contributed by atoms with E-state index in [-0.39, 0.29) is 5.91 Å². The number of fused-ring (bicyclic) bond motifs is 1. The Morgan fingerprint density at radius 1 is 1.44 bits per heavy atom. The number of carbonyl (C=O) groups excluding carboxylic acids is 1. The van der Waals surface area contributed by atoms with Crippen molar-refractivity contribution in [2.45, 2.75) is 26.7 Å². The van der Waals surface area contributed by atoms with E-state index in [4.69, 9.17) is 0 Å². The van der Waals surface area contributed by atoms with Crippen molar-refractivity contribution in [3.8, 4) is 0 Å². The highest BCUT2D eigenvalue weighted by atomic mass is 16.2. The first-order valence-electron chi connectivity index (χ1n) is 6.24. The molecule has 18 heavy (non-hydrogen) atoms. The molecule has 0 N–H and O–H groups in total. The average Bonchev–Trinajstić information content (AvgIpc) is 2.69. The number of hydrogen-bond acceptors (Lipinski definition) is 2. The molecule has 0 aromatic carbocycles. The summed E-state index contributed by atoms with van der Waals surface area (Å²) in [5.74, 6) is 0.922. The van der Waals surface area contributed by atoms with Crippen molar-refractivity contribution >= 4 is 11.4 Å². The molecule has 0 atom stereocenters. The maximum absolute atomic E-state index is 12.2. The molecule has 4 nitrogen and oxygen atoms in total. The third kappa shape index (κ3) is 1.98. The van der Waals surface area contributed by atoms with Crippen LogP contribution in [0, 0.1) is 6.92 Å². The fourth-order valence-electron chi connectivity index (χ4n) is 2.13. The number of aromatic nitrogens is 2. The minimum Gasteiger partial charge on any atom is -0.343 e. The molecular weight excluding hydrogens is 226 g/mol. The van der Waals surface area contributed by atoms with Gasteiger partial charge in [0, 0.05) is 26.7 Å². The molecule has 0 aliphatic heterocycles. The van der Waals surface area contributed by atoms with Gasteiger partial charge < -0.3 is 9.30 Å². The number of imidazole rings is 1. The molecule has 0 fully saturated rings. The van der Waals surface area contributed by atoms with E-state index >= 15 is 0 Å². The molecule has 0 aliphatic carbocycles. The van der Waals surface area contributed by atoms with E-state index in [9.17, 15) is 4.79 Å². The molecule has 0 aliphatic rings. The Balaban J connectivity index is 2.69. The normalized spacial score (nSPS) is 10.9. The summed E-state index contributed by atoms with van der Waals surface area (Å²) in [5, 5.41) is 0. The third-order valence-corrected chi connectivity index (χ3v) is 3.02. The van der Waals surface area contributed by atoms with E-state index in [1.807, 2.05) is 29.7 Å². The first kappa shape index (κ1) is 12.6. The first-order chi connectivity index (χ1) is 8.56. The van der Waals surface area contributed by atoms with Crippen LogP contribution in [0.25, 0.3) is 5.52 Å². The minimum atomic E-state index is -0.0378. The van der Waals surface area contributed by atoms with Crippen molar-refractivity contribution in [2.75, 3.05) is 14.1 Å². The number of hydrogen-bond donors (Lipinski definition) is 0. The summed E-state index contributed by atoms with van der Waals surface area (Å²) < 4.78 is 2.04. The molecule has 2 rings (SSSR count). The van der Waals surface area contributed by atoms with Gasteiger partial charge in [0.1, 0.15) is 5.82 Å². The maximum atomic E-state index is 12.2. The fraction of sp³-hybridized carbons (Fsp3) is 0.429. The Morgan fingerprint density at radius 2 is 2.17 bits per heavy atom. The molecule has 0 radical (unpaired) electrons. The summed E-state index contributed by atoms with van der Waals surface area (Å²) in [5.41, 5.74) is 2.57. The monoisotopic (exact) mass is 245 g/mol. The summed E-state index contributed by atoms with van der Waals surface area (Å²) in [6, 6.07) is 4.01. The lowest BCUT2D eigenvalue weighted by Gasteiger charge is -2.08. The Kier molecular flexibility index (Phi) is 3.36. The minimum absolute atomic E-state index is 0.0378. The van der Waals surface area contributed by atoms with Gasteiger partial charge in [-0.3, -0.25) is 4.79 Å². The summed E-state index contributed by atoms with van der Waals surface area (Å²) in [6.45, 7) is 4.13. The fourth-order valence-corrected chi connectivity index (χ4v) is 2.13. The lowest BCUT2D eigenvalue weighted by Crippen LogP contribution is -2.22. The van der Waals surface area contributed by atoms with Crippen LogP contribution in [-0.2, 0) is 6.42 Å². The van der Waals surface area contributed by atoms with Gasteiger partial charge in [0.05, 0.1) is 5.52 Å². The van der Waals surface area contributed by atoms with Crippen LogP contribution in [0.3, 0.4) is 0 Å². The van der Waals surface area contributed by atoms with Crippen molar-refractivity contribution in [1.29, 1.82) is 0 Å². The van der Waals surface area contributed by atoms with Gasteiger partial charge >= 0.3 is 0 Å². The molecule has 0 saturated heterocycles. The quantitative estimate of drug-likeness (QED) is 0.832. The van der Waals surface area contributed by atoms with Gasteiger partial charge in [-0.2, -0.15) is 0 Å². The van der Waals surface area contributed by atoms with Gasteiger partial charge in [-0.1, -0.05) is 13.0 Å². The predicted octanol–water partition coefficient (Wildman–Crippen LogP) is 2.30. The number of aryl methyl sites for hydroxylation is 2. The van der Waals surface area contributed by atoms with Gasteiger partial charge in [0.15, 0.2) is 5.69 Å². The largest absolute Gasteiger partial charge is 0.343 e. The van der Waals surface area contributed by atoms with E-state index in [2.05, 4.69) is 11.9 Å². The van der Waals surface area contributed by atoms with Gasteiger partial charge in [-0.15, -0.1) is 0 Å². The molecule has 2 heterocycles. The zero-order valence-corrected chi connectivity index (χ0v) is 11.4. The highest BCUT2D eigenvalue weighted by molar-refractivity contribution is 5.99. The van der Waals surface area contributed by atoms with Crippen molar-refractivity contribution in [1.82, 2.24) is 14.3 Å². The maximum Gasteiger partial charge on any atom is 0.274 e. The van der Waals surface area contributed by atoms with Gasteiger partial charge in [-0.25, -0.2) is 4.98 Å². The van der Waals surface area contributed by atoms with Crippen LogP contribution in [0.5, 0.6) is 0 Å². The molecule has 0 spiro atoms. The molecule has 0 unspecified atom stereocenters. The lowest BCUT2D eigenvalue weighted by molar-refractivity contribution is 0.0824. The second-order valence-corrected chi connectivity index (χ2v) is 4.74. The summed E-state index contributed by atoms with van der Waals surface area (Å²) in [4.78, 5) is 18.3. The molecule has 0 saturated carbocycles. The molecule has 2 aromatic heterocycles. The molecule has 2 aromatic rings. The Bertz CT molecular complexity index is 584. The SMILES string of the molecule is CCCc1nc(C(=O)N(C)C)c2c(C)cccn12. The average molecular weight is 245 g/mol. The summed E-state index contributed by atoms with van der Waals surface area (Å²) >= 11 is 0. The number of amides is 1. The van der Waals surface area contributed by atoms with Crippen LogP contribution in [0.15, 0.2) is 18.3 Å². The lowest BCUT2D eigenvalue weighted by atomic mass is 10.2. The van der Waals surface area contributed by atoms with Crippen LogP contribution in [0.1, 0.15) is 35.2 Å². The highest BCUT2D eigenvalue weighted by Gasteiger charge is 2.19. The summed E-state index contributed by atoms with van der Waals surface area (Å²) in [7, 11) is 3.51. The molecule has 4 heteroatoms. The predicted molar refractivity (Wildman–Crippen MR) is 71.9 cm³/mol. The highest BCUT2D eigenvalue weighted by Crippen LogP contribution is 2.19. The third-order valence-electron chi connectivity index (χ3n) is 3.02. The number of nitrogens with zero attached hydrogens (tertiary/aromatic N) is 3. The van der Waals surface area contributed by atoms with Crippen LogP contribution < -0.4 is 0 Å². The number of rotatable bonds is 3. The van der Waals surface area contributed by atoms with Gasteiger partial charge in [-0.05, 0) is 25.0 Å². The number of pyridine rings is 1. The van der Waals surface area contributed by atoms with Crippen molar-refractivity contribution in [3.63, 3.8) is 0 Å². The van der Waals surface area contributed by atoms with E-state index in [1.54, 1.807) is 19.0 Å². The smallest absolute Gasteiger partial charge is 0.274 e. The van der Waals surface area contributed by atoms with Crippen molar-refractivity contribution < 1.29 is 4.79 Å². The summed E-state index contributed by atoms with van der Waals surface area (Å²) in [6.07, 6.45) is 3.88. The zero-order valence-electron chi connectivity index (χ0n) is 11.4. The molecule has 96 valence electrons. The van der Waals surface area contributed by atoms with Crippen LogP contribution in [0.4, 0.5) is 0 Å². The van der Waals surface area contributed by atoms with E-state index in [1.165, 1.54) is 0 Å². The molecular formula is C14H19N3O. The van der Waals surface area contributed by atoms with Crippen LogP contribution in [-0.4, -0.2) is 34.3 Å². The Labute approximate surface area is 107 Å². The standard InChI is InChI=1S/C14H19N3O/c1-5-7-11-15-12(14(18)16(3)4)13-10(2)8-6-9-17(11)13/h6,8-9H,5,7H2,1-4H3. The van der Waals surface area contributed by atoms with Crippen molar-refractivity contribution in [3.05, 3.63) is 35.4 Å². The Hall–Kier alpha value is -1.84. The Morgan fingerprint density at radius 3 is 2.78 bits per heavy atom. The number of carbonyl (C=O) groups is 1. The van der Waals surface area contributed by atoms with E-state index in [0.29, 0.717) is 5.69 Å². The first-order valence-corrected chi connectivity index (χ1v) is 6.24. The van der Waals surface area contributed by atoms with Crippen LogP contribution >= 0.6 is 0 Å². The van der Waals surface area contributed by atoms with Gasteiger partial charge in [0.2, 0.25) is 0 Å². The van der Waals surface area contributed by atoms with E-state index in [0.717, 1.165) is 29.7 Å². The van der Waals surface area contributed by atoms with E-state index < -0.39 is 0 Å². The molecule has 1 amide bonds. The second kappa shape index (κ2) is 4.80. The van der Waals surface area contributed by atoms with Gasteiger partial charge in [0.25, 0.3) is 5.91 Å².